The van der Waals surface area contributed by atoms with Gasteiger partial charge in [0.15, 0.2) is 5.96 Å². The molecule has 0 spiro atoms. The van der Waals surface area contributed by atoms with Gasteiger partial charge in [-0.15, -0.1) is 11.3 Å². The van der Waals surface area contributed by atoms with Crippen LogP contribution < -0.4 is 15.4 Å². The molecular weight excluding hydrogens is 346 g/mol. The first-order valence-corrected chi connectivity index (χ1v) is 9.95. The summed E-state index contributed by atoms with van der Waals surface area (Å²) < 4.78 is 6.10. The molecule has 3 rings (SSSR count). The number of nitrogens with zero attached hydrogens (tertiary/aromatic N) is 3. The molecule has 1 aliphatic carbocycles. The van der Waals surface area contributed by atoms with Gasteiger partial charge in [-0.1, -0.05) is 6.07 Å². The van der Waals surface area contributed by atoms with Gasteiger partial charge in [0.2, 0.25) is 5.88 Å². The number of ether oxygens (including phenoxy) is 1. The number of rotatable bonds is 6. The van der Waals surface area contributed by atoms with Crippen molar-refractivity contribution in [3.05, 3.63) is 39.5 Å². The fourth-order valence-electron chi connectivity index (χ4n) is 3.00. The van der Waals surface area contributed by atoms with Crippen LogP contribution in [0.15, 0.2) is 23.3 Å². The standard InChI is InChI=1S/C19H27N5OS/c1-13-14(2)26-17(24-13)12-23-19(20-3)22-11-15-7-6-10-21-18(15)25-16-8-4-5-9-16/h6-7,10,16H,4-5,8-9,11-12H2,1-3H3,(H2,20,22,23). The van der Waals surface area contributed by atoms with E-state index in [4.69, 9.17) is 4.74 Å². The van der Waals surface area contributed by atoms with Crippen molar-refractivity contribution in [1.82, 2.24) is 20.6 Å². The summed E-state index contributed by atoms with van der Waals surface area (Å²) in [7, 11) is 1.77. The molecule has 1 saturated carbocycles. The van der Waals surface area contributed by atoms with Gasteiger partial charge in [0.1, 0.15) is 11.1 Å². The number of nitrogens with one attached hydrogen (secondary N) is 2. The van der Waals surface area contributed by atoms with Crippen molar-refractivity contribution in [1.29, 1.82) is 0 Å². The summed E-state index contributed by atoms with van der Waals surface area (Å²) in [6.45, 7) is 5.41. The molecule has 2 N–H and O–H groups in total. The van der Waals surface area contributed by atoms with Gasteiger partial charge in [-0.05, 0) is 45.6 Å². The van der Waals surface area contributed by atoms with Gasteiger partial charge < -0.3 is 15.4 Å². The lowest BCUT2D eigenvalue weighted by Gasteiger charge is -2.16. The van der Waals surface area contributed by atoms with Crippen LogP contribution in [-0.2, 0) is 13.1 Å². The van der Waals surface area contributed by atoms with Gasteiger partial charge in [-0.3, -0.25) is 4.99 Å². The summed E-state index contributed by atoms with van der Waals surface area (Å²) in [6.07, 6.45) is 6.83. The zero-order valence-electron chi connectivity index (χ0n) is 15.7. The molecule has 0 bridgehead atoms. The maximum Gasteiger partial charge on any atom is 0.218 e. The van der Waals surface area contributed by atoms with Crippen LogP contribution in [0.3, 0.4) is 0 Å². The van der Waals surface area contributed by atoms with Crippen LogP contribution in [0, 0.1) is 13.8 Å². The first-order chi connectivity index (χ1) is 12.7. The van der Waals surface area contributed by atoms with E-state index in [1.807, 2.05) is 19.1 Å². The number of hydrogen-bond donors (Lipinski definition) is 2. The van der Waals surface area contributed by atoms with Crippen LogP contribution in [0.1, 0.15) is 46.8 Å². The molecule has 2 heterocycles. The smallest absolute Gasteiger partial charge is 0.218 e. The molecule has 140 valence electrons. The Morgan fingerprint density at radius 1 is 1.27 bits per heavy atom. The molecule has 0 aromatic carbocycles. The molecule has 0 unspecified atom stereocenters. The van der Waals surface area contributed by atoms with Gasteiger partial charge in [0, 0.05) is 30.2 Å². The Morgan fingerprint density at radius 2 is 2.04 bits per heavy atom. The number of guanidine groups is 1. The minimum Gasteiger partial charge on any atom is -0.474 e. The van der Waals surface area contributed by atoms with Crippen molar-refractivity contribution in [2.45, 2.75) is 58.7 Å². The molecule has 26 heavy (non-hydrogen) atoms. The van der Waals surface area contributed by atoms with Gasteiger partial charge in [-0.2, -0.15) is 0 Å². The van der Waals surface area contributed by atoms with E-state index in [1.54, 1.807) is 24.6 Å². The third-order valence-corrected chi connectivity index (χ3v) is 5.65. The van der Waals surface area contributed by atoms with Crippen LogP contribution >= 0.6 is 11.3 Å². The molecule has 6 nitrogen and oxygen atoms in total. The summed E-state index contributed by atoms with van der Waals surface area (Å²) in [5, 5.41) is 7.72. The Kier molecular flexibility index (Phi) is 6.44. The highest BCUT2D eigenvalue weighted by Gasteiger charge is 2.18. The minimum absolute atomic E-state index is 0.303. The van der Waals surface area contributed by atoms with Crippen molar-refractivity contribution >= 4 is 17.3 Å². The van der Waals surface area contributed by atoms with Crippen molar-refractivity contribution in [2.75, 3.05) is 7.05 Å². The maximum absolute atomic E-state index is 6.10. The Bertz CT molecular complexity index is 733. The molecule has 7 heteroatoms. The minimum atomic E-state index is 0.303. The Labute approximate surface area is 159 Å². The van der Waals surface area contributed by atoms with Crippen LogP contribution in [0.25, 0.3) is 0 Å². The highest BCUT2D eigenvalue weighted by atomic mass is 32.1. The third kappa shape index (κ3) is 4.94. The van der Waals surface area contributed by atoms with Crippen LogP contribution in [0.5, 0.6) is 5.88 Å². The molecular formula is C19H27N5OS. The number of pyridine rings is 1. The lowest BCUT2D eigenvalue weighted by Crippen LogP contribution is -2.36. The summed E-state index contributed by atoms with van der Waals surface area (Å²) in [4.78, 5) is 14.5. The molecule has 2 aromatic heterocycles. The molecule has 0 amide bonds. The van der Waals surface area contributed by atoms with Gasteiger partial charge >= 0.3 is 0 Å². The van der Waals surface area contributed by atoms with E-state index in [0.29, 0.717) is 19.2 Å². The topological polar surface area (TPSA) is 71.4 Å². The second-order valence-corrected chi connectivity index (χ2v) is 7.81. The van der Waals surface area contributed by atoms with Crippen molar-refractivity contribution < 1.29 is 4.74 Å². The molecule has 0 aliphatic heterocycles. The van der Waals surface area contributed by atoms with Crippen molar-refractivity contribution in [2.24, 2.45) is 4.99 Å². The molecule has 2 aromatic rings. The molecule has 1 fully saturated rings. The summed E-state index contributed by atoms with van der Waals surface area (Å²) in [6, 6.07) is 3.99. The number of thiazole rings is 1. The fourth-order valence-corrected chi connectivity index (χ4v) is 3.88. The molecule has 0 radical (unpaired) electrons. The van der Waals surface area contributed by atoms with Gasteiger partial charge in [0.05, 0.1) is 12.2 Å². The largest absolute Gasteiger partial charge is 0.474 e. The lowest BCUT2D eigenvalue weighted by atomic mass is 10.2. The monoisotopic (exact) mass is 373 g/mol. The van der Waals surface area contributed by atoms with E-state index in [-0.39, 0.29) is 0 Å². The summed E-state index contributed by atoms with van der Waals surface area (Å²) in [5.74, 6) is 1.47. The zero-order chi connectivity index (χ0) is 18.4. The van der Waals surface area contributed by atoms with Gasteiger partial charge in [0.25, 0.3) is 0 Å². The van der Waals surface area contributed by atoms with Crippen LogP contribution in [0.4, 0.5) is 0 Å². The lowest BCUT2D eigenvalue weighted by molar-refractivity contribution is 0.199. The Hall–Kier alpha value is -2.15. The van der Waals surface area contributed by atoms with Crippen molar-refractivity contribution in [3.8, 4) is 5.88 Å². The number of aliphatic imine (C=N–C) groups is 1. The average Bonchev–Trinajstić information content (AvgIpc) is 3.26. The van der Waals surface area contributed by atoms with Crippen molar-refractivity contribution in [3.63, 3.8) is 0 Å². The zero-order valence-corrected chi connectivity index (χ0v) is 16.5. The van der Waals surface area contributed by atoms with Crippen LogP contribution in [0.2, 0.25) is 0 Å². The SMILES string of the molecule is CN=C(NCc1nc(C)c(C)s1)NCc1cccnc1OC1CCCC1. The van der Waals surface area contributed by atoms with E-state index in [2.05, 4.69) is 32.5 Å². The Morgan fingerprint density at radius 3 is 2.73 bits per heavy atom. The van der Waals surface area contributed by atoms with E-state index in [9.17, 15) is 0 Å². The summed E-state index contributed by atoms with van der Waals surface area (Å²) >= 11 is 1.72. The second-order valence-electron chi connectivity index (χ2n) is 6.52. The first-order valence-electron chi connectivity index (χ1n) is 9.13. The number of aryl methyl sites for hydroxylation is 2. The number of hydrogen-bond acceptors (Lipinski definition) is 5. The number of aromatic nitrogens is 2. The predicted molar refractivity (Wildman–Crippen MR) is 106 cm³/mol. The third-order valence-electron chi connectivity index (χ3n) is 4.58. The predicted octanol–water partition coefficient (Wildman–Crippen LogP) is 3.34. The summed E-state index contributed by atoms with van der Waals surface area (Å²) in [5.41, 5.74) is 2.14. The van der Waals surface area contributed by atoms with Gasteiger partial charge in [-0.25, -0.2) is 9.97 Å². The second kappa shape index (κ2) is 8.98. The quantitative estimate of drug-likeness (QED) is 0.600. The van der Waals surface area contributed by atoms with E-state index in [1.165, 1.54) is 17.7 Å². The first kappa shape index (κ1) is 18.6. The normalized spacial score (nSPS) is 15.3. The van der Waals surface area contributed by atoms with E-state index < -0.39 is 0 Å². The molecule has 0 saturated heterocycles. The van der Waals surface area contributed by atoms with E-state index in [0.717, 1.165) is 40.9 Å². The fraction of sp³-hybridized carbons (Fsp3) is 0.526. The average molecular weight is 374 g/mol. The maximum atomic E-state index is 6.10. The highest BCUT2D eigenvalue weighted by molar-refractivity contribution is 7.11. The molecule has 1 aliphatic rings. The Balaban J connectivity index is 1.54. The van der Waals surface area contributed by atoms with Crippen LogP contribution in [-0.4, -0.2) is 29.1 Å². The van der Waals surface area contributed by atoms with E-state index >= 15 is 0 Å². The molecule has 0 atom stereocenters. The highest BCUT2D eigenvalue weighted by Crippen LogP contribution is 2.24.